The zero-order chi connectivity index (χ0) is 12.3. The van der Waals surface area contributed by atoms with E-state index in [4.69, 9.17) is 22.5 Å². The molecule has 0 amide bonds. The highest BCUT2D eigenvalue weighted by Crippen LogP contribution is 2.28. The van der Waals surface area contributed by atoms with E-state index in [1.54, 1.807) is 6.07 Å². The summed E-state index contributed by atoms with van der Waals surface area (Å²) in [6.07, 6.45) is 6.36. The normalized spacial score (nSPS) is 10.2. The lowest BCUT2D eigenvalue weighted by Gasteiger charge is -2.02. The van der Waals surface area contributed by atoms with Crippen LogP contribution in [0.3, 0.4) is 0 Å². The van der Waals surface area contributed by atoms with E-state index >= 15 is 0 Å². The molecule has 0 aliphatic heterocycles. The van der Waals surface area contributed by atoms with Crippen molar-refractivity contribution in [3.8, 4) is 23.7 Å². The van der Waals surface area contributed by atoms with Crippen LogP contribution in [0, 0.1) is 19.3 Å². The van der Waals surface area contributed by atoms with Crippen LogP contribution in [-0.4, -0.2) is 10.1 Å². The Morgan fingerprint density at radius 1 is 1.47 bits per heavy atom. The summed E-state index contributed by atoms with van der Waals surface area (Å²) in [5.74, 6) is 3.59. The van der Waals surface area contributed by atoms with E-state index < -0.39 is 0 Å². The number of hydrogen-bond donors (Lipinski definition) is 0. The molecular weight excluding hydrogens is 236 g/mol. The van der Waals surface area contributed by atoms with Crippen LogP contribution in [0.1, 0.15) is 17.9 Å². The second kappa shape index (κ2) is 5.03. The predicted octanol–water partition coefficient (Wildman–Crippen LogP) is 3.26. The lowest BCUT2D eigenvalue weighted by Crippen LogP contribution is -1.88. The molecule has 1 aromatic heterocycles. The van der Waals surface area contributed by atoms with Gasteiger partial charge in [-0.1, -0.05) is 28.9 Å². The van der Waals surface area contributed by atoms with Gasteiger partial charge in [0.25, 0.3) is 0 Å². The molecular formula is C13H11ClN2O. The quantitative estimate of drug-likeness (QED) is 0.781. The van der Waals surface area contributed by atoms with Gasteiger partial charge >= 0.3 is 0 Å². The monoisotopic (exact) mass is 246 g/mol. The number of halogens is 1. The summed E-state index contributed by atoms with van der Waals surface area (Å²) in [5.41, 5.74) is 1.83. The molecule has 86 valence electrons. The summed E-state index contributed by atoms with van der Waals surface area (Å²) in [7, 11) is 0. The van der Waals surface area contributed by atoms with E-state index in [0.717, 1.165) is 11.1 Å². The molecule has 0 saturated carbocycles. The Labute approximate surface area is 105 Å². The van der Waals surface area contributed by atoms with Crippen molar-refractivity contribution in [2.45, 2.75) is 19.8 Å². The minimum Gasteiger partial charge on any atom is -0.339 e. The van der Waals surface area contributed by atoms with E-state index in [1.807, 2.05) is 19.1 Å². The third-order valence-corrected chi connectivity index (χ3v) is 2.71. The fourth-order valence-corrected chi connectivity index (χ4v) is 1.86. The Morgan fingerprint density at radius 2 is 2.29 bits per heavy atom. The van der Waals surface area contributed by atoms with Crippen molar-refractivity contribution >= 4 is 11.6 Å². The lowest BCUT2D eigenvalue weighted by atomic mass is 10.1. The summed E-state index contributed by atoms with van der Waals surface area (Å²) in [6.45, 7) is 1.96. The van der Waals surface area contributed by atoms with Crippen LogP contribution in [0.5, 0.6) is 0 Å². The summed E-state index contributed by atoms with van der Waals surface area (Å²) >= 11 is 6.12. The first-order chi connectivity index (χ1) is 8.22. The minimum atomic E-state index is 0.514. The number of nitrogens with zero attached hydrogens (tertiary/aromatic N) is 2. The predicted molar refractivity (Wildman–Crippen MR) is 66.6 cm³/mol. The van der Waals surface area contributed by atoms with Gasteiger partial charge in [-0.05, 0) is 18.6 Å². The van der Waals surface area contributed by atoms with Gasteiger partial charge in [0.1, 0.15) is 0 Å². The highest BCUT2D eigenvalue weighted by atomic mass is 35.5. The number of benzene rings is 1. The van der Waals surface area contributed by atoms with E-state index in [2.05, 4.69) is 16.1 Å². The SMILES string of the molecule is C#CCCc1nc(-c2c(C)cccc2Cl)no1. The van der Waals surface area contributed by atoms with Gasteiger partial charge in [0.2, 0.25) is 11.7 Å². The molecule has 1 aromatic carbocycles. The number of terminal acetylenes is 1. The van der Waals surface area contributed by atoms with Gasteiger partial charge in [0.15, 0.2) is 0 Å². The molecule has 2 aromatic rings. The molecule has 0 aliphatic carbocycles. The first-order valence-electron chi connectivity index (χ1n) is 5.24. The molecule has 17 heavy (non-hydrogen) atoms. The number of aromatic nitrogens is 2. The second-order valence-corrected chi connectivity index (χ2v) is 4.05. The van der Waals surface area contributed by atoms with Gasteiger partial charge in [-0.2, -0.15) is 4.98 Å². The van der Waals surface area contributed by atoms with E-state index in [9.17, 15) is 0 Å². The molecule has 0 bridgehead atoms. The summed E-state index contributed by atoms with van der Waals surface area (Å²) in [4.78, 5) is 4.28. The molecule has 1 heterocycles. The van der Waals surface area contributed by atoms with E-state index in [0.29, 0.717) is 29.6 Å². The fraction of sp³-hybridized carbons (Fsp3) is 0.231. The van der Waals surface area contributed by atoms with Crippen LogP contribution in [-0.2, 0) is 6.42 Å². The molecule has 0 N–H and O–H groups in total. The maximum Gasteiger partial charge on any atom is 0.227 e. The van der Waals surface area contributed by atoms with Crippen molar-refractivity contribution in [3.05, 3.63) is 34.7 Å². The van der Waals surface area contributed by atoms with Crippen molar-refractivity contribution < 1.29 is 4.52 Å². The van der Waals surface area contributed by atoms with Crippen molar-refractivity contribution in [3.63, 3.8) is 0 Å². The number of aryl methyl sites for hydroxylation is 2. The van der Waals surface area contributed by atoms with Gasteiger partial charge in [0.05, 0.1) is 5.02 Å². The van der Waals surface area contributed by atoms with E-state index in [-0.39, 0.29) is 0 Å². The zero-order valence-electron chi connectivity index (χ0n) is 9.40. The smallest absolute Gasteiger partial charge is 0.227 e. The average Bonchev–Trinajstić information content (AvgIpc) is 2.75. The van der Waals surface area contributed by atoms with Gasteiger partial charge in [-0.25, -0.2) is 0 Å². The van der Waals surface area contributed by atoms with Crippen molar-refractivity contribution in [1.82, 2.24) is 10.1 Å². The number of hydrogen-bond acceptors (Lipinski definition) is 3. The van der Waals surface area contributed by atoms with Crippen LogP contribution in [0.4, 0.5) is 0 Å². The maximum absolute atomic E-state index is 6.12. The zero-order valence-corrected chi connectivity index (χ0v) is 10.2. The Kier molecular flexibility index (Phi) is 3.46. The third kappa shape index (κ3) is 2.48. The van der Waals surface area contributed by atoms with Gasteiger partial charge in [-0.3, -0.25) is 0 Å². The van der Waals surface area contributed by atoms with Crippen LogP contribution >= 0.6 is 11.6 Å². The molecule has 0 spiro atoms. The van der Waals surface area contributed by atoms with Crippen LogP contribution in [0.25, 0.3) is 11.4 Å². The Hall–Kier alpha value is -1.79. The Bertz CT molecular complexity index is 549. The molecule has 0 radical (unpaired) electrons. The highest BCUT2D eigenvalue weighted by Gasteiger charge is 2.13. The first kappa shape index (κ1) is 11.7. The average molecular weight is 247 g/mol. The van der Waals surface area contributed by atoms with Crippen LogP contribution in [0.15, 0.2) is 22.7 Å². The first-order valence-corrected chi connectivity index (χ1v) is 5.61. The molecule has 0 atom stereocenters. The van der Waals surface area contributed by atoms with Gasteiger partial charge in [-0.15, -0.1) is 12.3 Å². The molecule has 4 heteroatoms. The van der Waals surface area contributed by atoms with Crippen molar-refractivity contribution in [2.24, 2.45) is 0 Å². The summed E-state index contributed by atoms with van der Waals surface area (Å²) < 4.78 is 5.12. The molecule has 0 aliphatic rings. The standard InChI is InChI=1S/C13H11ClN2O/c1-3-4-8-11-15-13(16-17-11)12-9(2)6-5-7-10(12)14/h1,5-7H,4,8H2,2H3. The lowest BCUT2D eigenvalue weighted by molar-refractivity contribution is 0.380. The fourth-order valence-electron chi connectivity index (χ4n) is 1.55. The topological polar surface area (TPSA) is 38.9 Å². The molecule has 0 saturated heterocycles. The largest absolute Gasteiger partial charge is 0.339 e. The summed E-state index contributed by atoms with van der Waals surface area (Å²) in [6, 6.07) is 5.65. The Balaban J connectivity index is 2.34. The molecule has 0 unspecified atom stereocenters. The number of rotatable bonds is 3. The van der Waals surface area contributed by atoms with Crippen LogP contribution < -0.4 is 0 Å². The molecule has 0 fully saturated rings. The maximum atomic E-state index is 6.12. The Morgan fingerprint density at radius 3 is 3.00 bits per heavy atom. The summed E-state index contributed by atoms with van der Waals surface area (Å²) in [5, 5.41) is 4.54. The van der Waals surface area contributed by atoms with Crippen molar-refractivity contribution in [2.75, 3.05) is 0 Å². The molecule has 3 nitrogen and oxygen atoms in total. The third-order valence-electron chi connectivity index (χ3n) is 2.40. The van der Waals surface area contributed by atoms with Crippen molar-refractivity contribution in [1.29, 1.82) is 0 Å². The van der Waals surface area contributed by atoms with Gasteiger partial charge in [0, 0.05) is 18.4 Å². The molecule has 2 rings (SSSR count). The van der Waals surface area contributed by atoms with Gasteiger partial charge < -0.3 is 4.52 Å². The minimum absolute atomic E-state index is 0.514. The second-order valence-electron chi connectivity index (χ2n) is 3.65. The van der Waals surface area contributed by atoms with Crippen LogP contribution in [0.2, 0.25) is 5.02 Å². The van der Waals surface area contributed by atoms with E-state index in [1.165, 1.54) is 0 Å². The highest BCUT2D eigenvalue weighted by molar-refractivity contribution is 6.33.